The Labute approximate surface area is 123 Å². The number of anilines is 1. The van der Waals surface area contributed by atoms with Crippen molar-refractivity contribution in [1.82, 2.24) is 15.3 Å². The zero-order valence-corrected chi connectivity index (χ0v) is 12.5. The van der Waals surface area contributed by atoms with Gasteiger partial charge in [0.05, 0.1) is 11.9 Å². The fourth-order valence-electron chi connectivity index (χ4n) is 2.53. The number of carbonyl (C=O) groups is 2. The molecule has 0 spiro atoms. The normalized spacial score (nSPS) is 18.1. The van der Waals surface area contributed by atoms with Crippen LogP contribution in [0.2, 0.25) is 0 Å². The first-order valence-corrected chi connectivity index (χ1v) is 7.04. The van der Waals surface area contributed by atoms with Crippen LogP contribution in [-0.2, 0) is 4.79 Å². The number of rotatable bonds is 4. The van der Waals surface area contributed by atoms with Crippen LogP contribution in [0.3, 0.4) is 0 Å². The molecule has 7 nitrogen and oxygen atoms in total. The first kappa shape index (κ1) is 15.2. The minimum Gasteiger partial charge on any atom is -0.476 e. The van der Waals surface area contributed by atoms with Gasteiger partial charge < -0.3 is 15.3 Å². The molecule has 2 N–H and O–H groups in total. The van der Waals surface area contributed by atoms with Crippen molar-refractivity contribution in [2.45, 2.75) is 38.6 Å². The van der Waals surface area contributed by atoms with Gasteiger partial charge in [0, 0.05) is 19.5 Å². The molecule has 1 aliphatic heterocycles. The smallest absolute Gasteiger partial charge is 0.356 e. The number of aromatic nitrogens is 2. The third-order valence-electron chi connectivity index (χ3n) is 3.62. The molecule has 2 rings (SSSR count). The lowest BCUT2D eigenvalue weighted by molar-refractivity contribution is -0.121. The minimum absolute atomic E-state index is 0.0375. The maximum atomic E-state index is 11.9. The molecule has 2 heterocycles. The lowest BCUT2D eigenvalue weighted by atomic mass is 10.1. The lowest BCUT2D eigenvalue weighted by Gasteiger charge is -2.26. The van der Waals surface area contributed by atoms with Gasteiger partial charge in [-0.1, -0.05) is 13.8 Å². The van der Waals surface area contributed by atoms with Crippen molar-refractivity contribution in [2.24, 2.45) is 0 Å². The number of carboxylic acid groups (broad SMARTS) is 1. The van der Waals surface area contributed by atoms with Gasteiger partial charge in [-0.2, -0.15) is 0 Å². The molecule has 7 heteroatoms. The molecule has 1 aromatic heterocycles. The van der Waals surface area contributed by atoms with Crippen molar-refractivity contribution >= 4 is 17.6 Å². The topological polar surface area (TPSA) is 95.4 Å². The number of hydrogen-bond acceptors (Lipinski definition) is 5. The summed E-state index contributed by atoms with van der Waals surface area (Å²) in [6.45, 7) is 4.44. The standard InChI is InChI=1S/C14H20N4O3/c1-8(2)12-16-7-10(11(17-12)14(20)21)18-6-4-5-9(18)13(19)15-3/h7-9H,4-6H2,1-3H3,(H,15,19)(H,20,21). The van der Waals surface area contributed by atoms with Crippen molar-refractivity contribution in [3.05, 3.63) is 17.7 Å². The fraction of sp³-hybridized carbons (Fsp3) is 0.571. The fourth-order valence-corrected chi connectivity index (χ4v) is 2.53. The number of carboxylic acids is 1. The van der Waals surface area contributed by atoms with E-state index in [1.807, 2.05) is 13.8 Å². The van der Waals surface area contributed by atoms with Crippen molar-refractivity contribution in [2.75, 3.05) is 18.5 Å². The second-order valence-electron chi connectivity index (χ2n) is 5.39. The number of nitrogens with zero attached hydrogens (tertiary/aromatic N) is 3. The second-order valence-corrected chi connectivity index (χ2v) is 5.39. The molecule has 1 fully saturated rings. The van der Waals surface area contributed by atoms with Gasteiger partial charge in [0.1, 0.15) is 11.9 Å². The molecule has 0 radical (unpaired) electrons. The van der Waals surface area contributed by atoms with E-state index >= 15 is 0 Å². The van der Waals surface area contributed by atoms with E-state index in [2.05, 4.69) is 15.3 Å². The summed E-state index contributed by atoms with van der Waals surface area (Å²) in [5.74, 6) is -0.675. The van der Waals surface area contributed by atoms with Crippen molar-refractivity contribution < 1.29 is 14.7 Å². The van der Waals surface area contributed by atoms with E-state index in [1.54, 1.807) is 11.9 Å². The van der Waals surface area contributed by atoms with E-state index in [1.165, 1.54) is 6.20 Å². The summed E-state index contributed by atoms with van der Waals surface area (Å²) < 4.78 is 0. The Morgan fingerprint density at radius 3 is 2.76 bits per heavy atom. The van der Waals surface area contributed by atoms with Crippen LogP contribution < -0.4 is 10.2 Å². The van der Waals surface area contributed by atoms with Crippen LogP contribution in [0.25, 0.3) is 0 Å². The first-order valence-electron chi connectivity index (χ1n) is 7.04. The molecular formula is C14H20N4O3. The summed E-state index contributed by atoms with van der Waals surface area (Å²) >= 11 is 0. The summed E-state index contributed by atoms with van der Waals surface area (Å²) in [5, 5.41) is 12.0. The lowest BCUT2D eigenvalue weighted by Crippen LogP contribution is -2.42. The molecule has 1 saturated heterocycles. The van der Waals surface area contributed by atoms with E-state index in [0.717, 1.165) is 6.42 Å². The molecular weight excluding hydrogens is 272 g/mol. The largest absolute Gasteiger partial charge is 0.476 e. The highest BCUT2D eigenvalue weighted by Crippen LogP contribution is 2.28. The van der Waals surface area contributed by atoms with Gasteiger partial charge in [0.15, 0.2) is 5.69 Å². The van der Waals surface area contributed by atoms with Gasteiger partial charge >= 0.3 is 5.97 Å². The Morgan fingerprint density at radius 1 is 1.48 bits per heavy atom. The van der Waals surface area contributed by atoms with Crippen LogP contribution >= 0.6 is 0 Å². The summed E-state index contributed by atoms with van der Waals surface area (Å²) in [6, 6.07) is -0.360. The molecule has 0 saturated carbocycles. The van der Waals surface area contributed by atoms with E-state index in [-0.39, 0.29) is 23.6 Å². The predicted molar refractivity (Wildman–Crippen MR) is 77.5 cm³/mol. The number of hydrogen-bond donors (Lipinski definition) is 2. The van der Waals surface area contributed by atoms with Crippen molar-refractivity contribution in [1.29, 1.82) is 0 Å². The van der Waals surface area contributed by atoms with Crippen LogP contribution in [0.5, 0.6) is 0 Å². The van der Waals surface area contributed by atoms with Crippen LogP contribution in [-0.4, -0.2) is 46.6 Å². The van der Waals surface area contributed by atoms with Crippen LogP contribution in [0.4, 0.5) is 5.69 Å². The zero-order chi connectivity index (χ0) is 15.6. The minimum atomic E-state index is -1.10. The molecule has 0 bridgehead atoms. The average molecular weight is 292 g/mol. The molecule has 1 aliphatic rings. The monoisotopic (exact) mass is 292 g/mol. The highest BCUT2D eigenvalue weighted by molar-refractivity contribution is 5.94. The van der Waals surface area contributed by atoms with E-state index in [9.17, 15) is 14.7 Å². The summed E-state index contributed by atoms with van der Waals surface area (Å²) in [6.07, 6.45) is 3.06. The number of likely N-dealkylation sites (N-methyl/N-ethyl adjacent to an activating group) is 1. The molecule has 21 heavy (non-hydrogen) atoms. The Balaban J connectivity index is 2.43. The molecule has 1 aromatic rings. The molecule has 114 valence electrons. The second kappa shape index (κ2) is 6.07. The van der Waals surface area contributed by atoms with Gasteiger partial charge in [0.2, 0.25) is 5.91 Å². The Morgan fingerprint density at radius 2 is 2.19 bits per heavy atom. The van der Waals surface area contributed by atoms with Crippen LogP contribution in [0.1, 0.15) is 48.9 Å². The van der Waals surface area contributed by atoms with Gasteiger partial charge in [-0.25, -0.2) is 14.8 Å². The maximum absolute atomic E-state index is 11.9. The molecule has 0 aliphatic carbocycles. The molecule has 1 atom stereocenters. The van der Waals surface area contributed by atoms with Crippen LogP contribution in [0, 0.1) is 0 Å². The molecule has 0 aromatic carbocycles. The number of carbonyl (C=O) groups excluding carboxylic acids is 1. The SMILES string of the molecule is CNC(=O)C1CCCN1c1cnc(C(C)C)nc1C(=O)O. The van der Waals surface area contributed by atoms with Gasteiger partial charge in [0.25, 0.3) is 0 Å². The number of amides is 1. The number of nitrogens with one attached hydrogen (secondary N) is 1. The predicted octanol–water partition coefficient (Wildman–Crippen LogP) is 1.01. The number of aromatic carboxylic acids is 1. The third kappa shape index (κ3) is 2.96. The summed E-state index contributed by atoms with van der Waals surface area (Å²) in [4.78, 5) is 33.6. The van der Waals surface area contributed by atoms with Gasteiger partial charge in [-0.05, 0) is 12.8 Å². The Hall–Kier alpha value is -2.18. The zero-order valence-electron chi connectivity index (χ0n) is 12.5. The first-order chi connectivity index (χ1) is 9.95. The van der Waals surface area contributed by atoms with E-state index < -0.39 is 5.97 Å². The Bertz CT molecular complexity index is 559. The highest BCUT2D eigenvalue weighted by Gasteiger charge is 2.33. The van der Waals surface area contributed by atoms with Gasteiger partial charge in [-0.3, -0.25) is 4.79 Å². The van der Waals surface area contributed by atoms with Crippen molar-refractivity contribution in [3.8, 4) is 0 Å². The average Bonchev–Trinajstić information content (AvgIpc) is 2.94. The summed E-state index contributed by atoms with van der Waals surface area (Å²) in [7, 11) is 1.58. The maximum Gasteiger partial charge on any atom is 0.356 e. The summed E-state index contributed by atoms with van der Waals surface area (Å²) in [5.41, 5.74) is 0.377. The highest BCUT2D eigenvalue weighted by atomic mass is 16.4. The van der Waals surface area contributed by atoms with E-state index in [0.29, 0.717) is 24.5 Å². The van der Waals surface area contributed by atoms with Gasteiger partial charge in [-0.15, -0.1) is 0 Å². The van der Waals surface area contributed by atoms with Crippen molar-refractivity contribution in [3.63, 3.8) is 0 Å². The molecule has 1 amide bonds. The van der Waals surface area contributed by atoms with E-state index in [4.69, 9.17) is 0 Å². The quantitative estimate of drug-likeness (QED) is 0.860. The third-order valence-corrected chi connectivity index (χ3v) is 3.62. The molecule has 1 unspecified atom stereocenters. The Kier molecular flexibility index (Phi) is 4.40. The van der Waals surface area contributed by atoms with Crippen LogP contribution in [0.15, 0.2) is 6.20 Å².